The Hall–Kier alpha value is -1.96. The van der Waals surface area contributed by atoms with Gasteiger partial charge in [0.25, 0.3) is 0 Å². The van der Waals surface area contributed by atoms with Crippen LogP contribution in [0.5, 0.6) is 0 Å². The van der Waals surface area contributed by atoms with E-state index in [-0.39, 0.29) is 30.2 Å². The molecule has 8 heteroatoms. The van der Waals surface area contributed by atoms with Crippen molar-refractivity contribution >= 4 is 11.6 Å². The van der Waals surface area contributed by atoms with Crippen LogP contribution in [0.3, 0.4) is 0 Å². The maximum Gasteiger partial charge on any atom is 0.312 e. The van der Waals surface area contributed by atoms with E-state index in [1.807, 2.05) is 0 Å². The molecule has 21 heavy (non-hydrogen) atoms. The topological polar surface area (TPSA) is 110 Å². The average Bonchev–Trinajstić information content (AvgIpc) is 3.10. The molecule has 1 aliphatic carbocycles. The molecule has 1 amide bonds. The summed E-state index contributed by atoms with van der Waals surface area (Å²) >= 11 is 0. The van der Waals surface area contributed by atoms with Gasteiger partial charge in [0.2, 0.25) is 5.91 Å². The number of aryl methyl sites for hydroxylation is 1. The lowest BCUT2D eigenvalue weighted by atomic mass is 10.0. The van der Waals surface area contributed by atoms with Crippen LogP contribution in [0.25, 0.3) is 0 Å². The number of aliphatic hydroxyl groups is 1. The number of amides is 1. The zero-order valence-electron chi connectivity index (χ0n) is 12.3. The molecule has 0 saturated heterocycles. The summed E-state index contributed by atoms with van der Waals surface area (Å²) in [5.41, 5.74) is 0.695. The van der Waals surface area contributed by atoms with Gasteiger partial charge in [0.05, 0.1) is 4.92 Å². The summed E-state index contributed by atoms with van der Waals surface area (Å²) in [6.07, 6.45) is 2.72. The number of nitro groups is 1. The molecule has 0 unspecified atom stereocenters. The number of aliphatic hydroxyl groups excluding tert-OH is 1. The van der Waals surface area contributed by atoms with Crippen LogP contribution in [-0.2, 0) is 11.3 Å². The van der Waals surface area contributed by atoms with E-state index in [0.717, 1.165) is 12.8 Å². The van der Waals surface area contributed by atoms with Gasteiger partial charge in [-0.15, -0.1) is 0 Å². The van der Waals surface area contributed by atoms with E-state index in [2.05, 4.69) is 10.4 Å². The van der Waals surface area contributed by atoms with Crippen molar-refractivity contribution in [2.24, 2.45) is 5.41 Å². The molecule has 1 aliphatic rings. The van der Waals surface area contributed by atoms with Crippen LogP contribution in [0.15, 0.2) is 0 Å². The van der Waals surface area contributed by atoms with Crippen LogP contribution in [0.1, 0.15) is 30.7 Å². The zero-order valence-corrected chi connectivity index (χ0v) is 12.3. The minimum Gasteiger partial charge on any atom is -0.396 e. The van der Waals surface area contributed by atoms with E-state index in [9.17, 15) is 14.9 Å². The van der Waals surface area contributed by atoms with Crippen molar-refractivity contribution < 1.29 is 14.8 Å². The van der Waals surface area contributed by atoms with Gasteiger partial charge in [0, 0.05) is 13.2 Å². The van der Waals surface area contributed by atoms with Gasteiger partial charge in [-0.3, -0.25) is 19.6 Å². The minimum absolute atomic E-state index is 0.0320. The van der Waals surface area contributed by atoms with Crippen LogP contribution in [0, 0.1) is 29.4 Å². The second-order valence-electron chi connectivity index (χ2n) is 5.68. The maximum absolute atomic E-state index is 11.9. The molecule has 116 valence electrons. The van der Waals surface area contributed by atoms with Crippen LogP contribution in [0.4, 0.5) is 5.69 Å². The van der Waals surface area contributed by atoms with Crippen LogP contribution >= 0.6 is 0 Å². The summed E-state index contributed by atoms with van der Waals surface area (Å²) in [7, 11) is 0. The van der Waals surface area contributed by atoms with Gasteiger partial charge in [-0.05, 0) is 38.5 Å². The molecular formula is C13H20N4O4. The molecule has 1 fully saturated rings. The highest BCUT2D eigenvalue weighted by Gasteiger charge is 2.41. The third-order valence-corrected chi connectivity index (χ3v) is 4.08. The Morgan fingerprint density at radius 3 is 2.67 bits per heavy atom. The summed E-state index contributed by atoms with van der Waals surface area (Å²) in [5, 5.41) is 26.7. The van der Waals surface area contributed by atoms with E-state index in [0.29, 0.717) is 24.4 Å². The quantitative estimate of drug-likeness (QED) is 0.568. The Morgan fingerprint density at radius 2 is 2.19 bits per heavy atom. The van der Waals surface area contributed by atoms with Gasteiger partial charge in [0.15, 0.2) is 0 Å². The fourth-order valence-corrected chi connectivity index (χ4v) is 2.51. The number of hydrogen-bond acceptors (Lipinski definition) is 5. The highest BCUT2D eigenvalue weighted by Crippen LogP contribution is 2.47. The molecule has 1 aromatic heterocycles. The zero-order chi connectivity index (χ0) is 15.6. The van der Waals surface area contributed by atoms with Gasteiger partial charge in [0.1, 0.15) is 17.9 Å². The Morgan fingerprint density at radius 1 is 1.52 bits per heavy atom. The Balaban J connectivity index is 1.94. The standard InChI is InChI=1S/C13H20N4O4/c1-9-12(17(20)21)10(2)16(15-9)7-11(19)14-8-13(3-4-13)5-6-18/h18H,3-8H2,1-2H3,(H,14,19). The lowest BCUT2D eigenvalue weighted by Crippen LogP contribution is -2.33. The summed E-state index contributed by atoms with van der Waals surface area (Å²) in [6.45, 7) is 3.77. The number of aromatic nitrogens is 2. The second kappa shape index (κ2) is 5.80. The van der Waals surface area contributed by atoms with Gasteiger partial charge < -0.3 is 10.4 Å². The van der Waals surface area contributed by atoms with Crippen molar-refractivity contribution in [3.63, 3.8) is 0 Å². The molecule has 1 saturated carbocycles. The van der Waals surface area contributed by atoms with Crippen LogP contribution in [-0.4, -0.2) is 38.9 Å². The predicted octanol–water partition coefficient (Wildman–Crippen LogP) is 0.687. The Labute approximate surface area is 122 Å². The molecule has 0 atom stereocenters. The molecule has 1 aromatic rings. The van der Waals surface area contributed by atoms with Crippen molar-refractivity contribution in [3.05, 3.63) is 21.5 Å². The number of nitrogens with zero attached hydrogens (tertiary/aromatic N) is 3. The number of nitrogens with one attached hydrogen (secondary N) is 1. The molecule has 0 spiro atoms. The first-order valence-corrected chi connectivity index (χ1v) is 6.94. The van der Waals surface area contributed by atoms with E-state index < -0.39 is 4.92 Å². The Bertz CT molecular complexity index is 563. The highest BCUT2D eigenvalue weighted by atomic mass is 16.6. The monoisotopic (exact) mass is 296 g/mol. The van der Waals surface area contributed by atoms with E-state index in [1.54, 1.807) is 13.8 Å². The molecule has 2 rings (SSSR count). The van der Waals surface area contributed by atoms with Crippen LogP contribution in [0.2, 0.25) is 0 Å². The largest absolute Gasteiger partial charge is 0.396 e. The number of carbonyl (C=O) groups excluding carboxylic acids is 1. The van der Waals surface area contributed by atoms with E-state index >= 15 is 0 Å². The lowest BCUT2D eigenvalue weighted by molar-refractivity contribution is -0.386. The van der Waals surface area contributed by atoms with E-state index in [4.69, 9.17) is 5.11 Å². The van der Waals surface area contributed by atoms with Crippen molar-refractivity contribution in [1.29, 1.82) is 0 Å². The van der Waals surface area contributed by atoms with Gasteiger partial charge in [-0.1, -0.05) is 0 Å². The summed E-state index contributed by atoms with van der Waals surface area (Å²) in [4.78, 5) is 22.4. The number of carbonyl (C=O) groups is 1. The Kier molecular flexibility index (Phi) is 4.26. The summed E-state index contributed by atoms with van der Waals surface area (Å²) in [5.74, 6) is -0.222. The summed E-state index contributed by atoms with van der Waals surface area (Å²) in [6, 6.07) is 0. The highest BCUT2D eigenvalue weighted by molar-refractivity contribution is 5.76. The number of rotatable bonds is 7. The molecular weight excluding hydrogens is 276 g/mol. The molecule has 1 heterocycles. The summed E-state index contributed by atoms with van der Waals surface area (Å²) < 4.78 is 1.36. The molecule has 0 aliphatic heterocycles. The van der Waals surface area contributed by atoms with Gasteiger partial charge in [-0.2, -0.15) is 5.10 Å². The number of hydrogen-bond donors (Lipinski definition) is 2. The normalized spacial score (nSPS) is 15.8. The average molecular weight is 296 g/mol. The van der Waals surface area contributed by atoms with Crippen LogP contribution < -0.4 is 5.32 Å². The van der Waals surface area contributed by atoms with Crippen molar-refractivity contribution in [3.8, 4) is 0 Å². The van der Waals surface area contributed by atoms with Gasteiger partial charge in [-0.25, -0.2) is 0 Å². The van der Waals surface area contributed by atoms with Gasteiger partial charge >= 0.3 is 5.69 Å². The SMILES string of the molecule is Cc1nn(CC(=O)NCC2(CCO)CC2)c(C)c1[N+](=O)[O-]. The van der Waals surface area contributed by atoms with E-state index in [1.165, 1.54) is 4.68 Å². The third-order valence-electron chi connectivity index (χ3n) is 4.08. The first kappa shape index (κ1) is 15.4. The first-order valence-electron chi connectivity index (χ1n) is 6.94. The van der Waals surface area contributed by atoms with Crippen molar-refractivity contribution in [1.82, 2.24) is 15.1 Å². The minimum atomic E-state index is -0.480. The molecule has 2 N–H and O–H groups in total. The molecule has 0 aromatic carbocycles. The second-order valence-corrected chi connectivity index (χ2v) is 5.68. The third kappa shape index (κ3) is 3.38. The lowest BCUT2D eigenvalue weighted by Gasteiger charge is -2.14. The van der Waals surface area contributed by atoms with Crippen molar-refractivity contribution in [2.45, 2.75) is 39.7 Å². The smallest absolute Gasteiger partial charge is 0.312 e. The molecule has 0 radical (unpaired) electrons. The van der Waals surface area contributed by atoms with Crippen molar-refractivity contribution in [2.75, 3.05) is 13.2 Å². The fourth-order valence-electron chi connectivity index (χ4n) is 2.51. The molecule has 0 bridgehead atoms. The predicted molar refractivity (Wildman–Crippen MR) is 74.7 cm³/mol. The first-order chi connectivity index (χ1) is 9.88. The fraction of sp³-hybridized carbons (Fsp3) is 0.692. The maximum atomic E-state index is 11.9. The molecule has 8 nitrogen and oxygen atoms in total.